The van der Waals surface area contributed by atoms with Crippen LogP contribution >= 0.6 is 0 Å². The van der Waals surface area contributed by atoms with Gasteiger partial charge in [0.15, 0.2) is 0 Å². The molecule has 0 aromatic heterocycles. The molecule has 0 radical (unpaired) electrons. The number of carbonyl (C=O) groups is 1. The molecule has 1 rings (SSSR count). The van der Waals surface area contributed by atoms with Gasteiger partial charge in [0, 0.05) is 19.1 Å². The Kier molecular flexibility index (Phi) is 6.92. The number of esters is 1. The van der Waals surface area contributed by atoms with Gasteiger partial charge in [-0.05, 0) is 53.9 Å². The minimum Gasteiger partial charge on any atom is -0.465 e. The van der Waals surface area contributed by atoms with Gasteiger partial charge in [-0.1, -0.05) is 6.92 Å². The maximum absolute atomic E-state index is 12.3. The highest BCUT2D eigenvalue weighted by atomic mass is 16.5. The summed E-state index contributed by atoms with van der Waals surface area (Å²) >= 11 is 0. The van der Waals surface area contributed by atoms with Crippen LogP contribution in [0.3, 0.4) is 0 Å². The summed E-state index contributed by atoms with van der Waals surface area (Å²) in [6.07, 6.45) is 2.77. The fourth-order valence-electron chi connectivity index (χ4n) is 2.96. The summed E-state index contributed by atoms with van der Waals surface area (Å²) in [5.74, 6) is -0.0784. The minimum atomic E-state index is -0.470. The van der Waals surface area contributed by atoms with E-state index in [-0.39, 0.29) is 5.97 Å². The van der Waals surface area contributed by atoms with Crippen molar-refractivity contribution in [2.45, 2.75) is 44.7 Å². The average molecular weight is 285 g/mol. The molecule has 0 aromatic rings. The third kappa shape index (κ3) is 4.43. The van der Waals surface area contributed by atoms with Gasteiger partial charge in [0.2, 0.25) is 0 Å². The number of nitrogens with zero attached hydrogens (tertiary/aromatic N) is 2. The smallest absolute Gasteiger partial charge is 0.326 e. The zero-order valence-corrected chi connectivity index (χ0v) is 13.7. The molecular formula is C15H31N3O2. The molecule has 20 heavy (non-hydrogen) atoms. The first kappa shape index (κ1) is 17.4. The second-order valence-corrected chi connectivity index (χ2v) is 6.01. The molecule has 0 heterocycles. The van der Waals surface area contributed by atoms with Gasteiger partial charge in [0.05, 0.1) is 6.61 Å². The molecule has 118 valence electrons. The van der Waals surface area contributed by atoms with Crippen LogP contribution in [-0.4, -0.2) is 74.7 Å². The molecular weight excluding hydrogens is 254 g/mol. The van der Waals surface area contributed by atoms with E-state index >= 15 is 0 Å². The first-order chi connectivity index (χ1) is 9.45. The van der Waals surface area contributed by atoms with E-state index in [4.69, 9.17) is 4.74 Å². The molecule has 2 unspecified atom stereocenters. The zero-order chi connectivity index (χ0) is 15.2. The van der Waals surface area contributed by atoms with Crippen molar-refractivity contribution in [3.05, 3.63) is 0 Å². The van der Waals surface area contributed by atoms with Crippen LogP contribution in [0.15, 0.2) is 0 Å². The predicted molar refractivity (Wildman–Crippen MR) is 81.9 cm³/mol. The normalized spacial score (nSPS) is 26.4. The monoisotopic (exact) mass is 285 g/mol. The molecule has 0 spiro atoms. The quantitative estimate of drug-likeness (QED) is 0.673. The van der Waals surface area contributed by atoms with Crippen LogP contribution in [-0.2, 0) is 9.53 Å². The molecule has 0 aliphatic heterocycles. The van der Waals surface area contributed by atoms with Gasteiger partial charge < -0.3 is 19.9 Å². The zero-order valence-electron chi connectivity index (χ0n) is 13.7. The maximum Gasteiger partial charge on any atom is 0.326 e. The van der Waals surface area contributed by atoms with E-state index in [1.165, 1.54) is 0 Å². The molecule has 5 heteroatoms. The second-order valence-electron chi connectivity index (χ2n) is 6.01. The van der Waals surface area contributed by atoms with Crippen LogP contribution in [0.2, 0.25) is 0 Å². The second kappa shape index (κ2) is 7.96. The number of hydrogen-bond donors (Lipinski definition) is 1. The lowest BCUT2D eigenvalue weighted by Gasteiger charge is -2.30. The molecule has 1 aliphatic carbocycles. The highest BCUT2D eigenvalue weighted by Gasteiger charge is 2.46. The van der Waals surface area contributed by atoms with Gasteiger partial charge in [-0.15, -0.1) is 0 Å². The van der Waals surface area contributed by atoms with Crippen molar-refractivity contribution in [3.63, 3.8) is 0 Å². The summed E-state index contributed by atoms with van der Waals surface area (Å²) in [5, 5.41) is 3.38. The third-order valence-corrected chi connectivity index (χ3v) is 4.19. The van der Waals surface area contributed by atoms with Crippen molar-refractivity contribution in [2.24, 2.45) is 0 Å². The number of nitrogens with one attached hydrogen (secondary N) is 1. The number of rotatable bonds is 8. The fourth-order valence-corrected chi connectivity index (χ4v) is 2.96. The van der Waals surface area contributed by atoms with Crippen LogP contribution in [0.5, 0.6) is 0 Å². The summed E-state index contributed by atoms with van der Waals surface area (Å²) in [7, 11) is 6.33. The molecule has 0 bridgehead atoms. The molecule has 0 amide bonds. The lowest BCUT2D eigenvalue weighted by atomic mass is 9.97. The van der Waals surface area contributed by atoms with Gasteiger partial charge in [-0.2, -0.15) is 0 Å². The molecule has 1 fully saturated rings. The van der Waals surface area contributed by atoms with Crippen molar-refractivity contribution in [1.82, 2.24) is 15.1 Å². The largest absolute Gasteiger partial charge is 0.465 e. The topological polar surface area (TPSA) is 44.8 Å². The van der Waals surface area contributed by atoms with Crippen molar-refractivity contribution < 1.29 is 9.53 Å². The summed E-state index contributed by atoms with van der Waals surface area (Å²) < 4.78 is 5.28. The third-order valence-electron chi connectivity index (χ3n) is 4.19. The molecule has 1 aliphatic rings. The van der Waals surface area contributed by atoms with Crippen molar-refractivity contribution in [3.8, 4) is 0 Å². The van der Waals surface area contributed by atoms with Crippen molar-refractivity contribution in [2.75, 3.05) is 47.4 Å². The van der Waals surface area contributed by atoms with E-state index in [0.717, 1.165) is 38.9 Å². The first-order valence-corrected chi connectivity index (χ1v) is 7.72. The highest BCUT2D eigenvalue weighted by molar-refractivity contribution is 5.81. The summed E-state index contributed by atoms with van der Waals surface area (Å²) in [6.45, 7) is 7.24. The molecule has 0 aromatic carbocycles. The van der Waals surface area contributed by atoms with Crippen LogP contribution in [0.1, 0.15) is 33.1 Å². The Morgan fingerprint density at radius 3 is 2.55 bits per heavy atom. The Morgan fingerprint density at radius 1 is 1.30 bits per heavy atom. The lowest BCUT2D eigenvalue weighted by Crippen LogP contribution is -2.52. The molecule has 5 nitrogen and oxygen atoms in total. The predicted octanol–water partition coefficient (Wildman–Crippen LogP) is 0.944. The Morgan fingerprint density at radius 2 is 2.00 bits per heavy atom. The molecule has 1 saturated carbocycles. The summed E-state index contributed by atoms with van der Waals surface area (Å²) in [5.41, 5.74) is -0.470. The van der Waals surface area contributed by atoms with Gasteiger partial charge in [-0.25, -0.2) is 0 Å². The van der Waals surface area contributed by atoms with Crippen LogP contribution in [0.4, 0.5) is 0 Å². The molecule has 0 saturated heterocycles. The van der Waals surface area contributed by atoms with Crippen molar-refractivity contribution in [1.29, 1.82) is 0 Å². The van der Waals surface area contributed by atoms with Gasteiger partial charge >= 0.3 is 5.97 Å². The van der Waals surface area contributed by atoms with Crippen molar-refractivity contribution >= 4 is 5.97 Å². The van der Waals surface area contributed by atoms with E-state index in [2.05, 4.69) is 36.3 Å². The number of hydrogen-bond acceptors (Lipinski definition) is 5. The summed E-state index contributed by atoms with van der Waals surface area (Å²) in [4.78, 5) is 16.8. The van der Waals surface area contributed by atoms with E-state index in [1.54, 1.807) is 0 Å². The van der Waals surface area contributed by atoms with E-state index in [9.17, 15) is 4.79 Å². The molecule has 2 atom stereocenters. The van der Waals surface area contributed by atoms with Gasteiger partial charge in [0.25, 0.3) is 0 Å². The highest BCUT2D eigenvalue weighted by Crippen LogP contribution is 2.33. The fraction of sp³-hybridized carbons (Fsp3) is 0.933. The Bertz CT molecular complexity index is 309. The standard InChI is InChI=1S/C15H31N3O2/c1-6-16-15(14(19)20-7-2)9-8-13(12-15)18(5)11-10-17(3)4/h13,16H,6-12H2,1-5H3. The number of likely N-dealkylation sites (N-methyl/N-ethyl adjacent to an activating group) is 3. The van der Waals surface area contributed by atoms with Crippen LogP contribution in [0.25, 0.3) is 0 Å². The first-order valence-electron chi connectivity index (χ1n) is 7.72. The average Bonchev–Trinajstić information content (AvgIpc) is 2.82. The van der Waals surface area contributed by atoms with Crippen LogP contribution in [0, 0.1) is 0 Å². The Hall–Kier alpha value is -0.650. The Labute approximate surface area is 123 Å². The maximum atomic E-state index is 12.3. The summed E-state index contributed by atoms with van der Waals surface area (Å²) in [6, 6.07) is 0.457. The van der Waals surface area contributed by atoms with Gasteiger partial charge in [-0.3, -0.25) is 4.79 Å². The van der Waals surface area contributed by atoms with Crippen LogP contribution < -0.4 is 5.32 Å². The Balaban J connectivity index is 2.62. The number of carbonyl (C=O) groups excluding carboxylic acids is 1. The SMILES string of the molecule is CCNC1(C(=O)OCC)CCC(N(C)CCN(C)C)C1. The van der Waals surface area contributed by atoms with E-state index < -0.39 is 5.54 Å². The minimum absolute atomic E-state index is 0.0784. The molecule has 1 N–H and O–H groups in total. The van der Waals surface area contributed by atoms with Gasteiger partial charge in [0.1, 0.15) is 5.54 Å². The number of ether oxygens (including phenoxy) is 1. The van der Waals surface area contributed by atoms with E-state index in [1.807, 2.05) is 13.8 Å². The van der Waals surface area contributed by atoms with E-state index in [0.29, 0.717) is 12.6 Å². The lowest BCUT2D eigenvalue weighted by molar-refractivity contribution is -0.151.